The topological polar surface area (TPSA) is 20.3 Å². The standard InChI is InChI=1S/C14H20ClNO/c1-4-16(9-5-8-15)14(17)13-7-6-11(2)12(3)10-13/h6-7,10H,4-5,8-9H2,1-3H3. The summed E-state index contributed by atoms with van der Waals surface area (Å²) in [5.41, 5.74) is 3.14. The zero-order valence-electron chi connectivity index (χ0n) is 10.8. The van der Waals surface area contributed by atoms with Gasteiger partial charge in [0.15, 0.2) is 0 Å². The number of aryl methyl sites for hydroxylation is 2. The molecular weight excluding hydrogens is 234 g/mol. The van der Waals surface area contributed by atoms with Gasteiger partial charge in [0.25, 0.3) is 5.91 Å². The van der Waals surface area contributed by atoms with Gasteiger partial charge in [-0.25, -0.2) is 0 Å². The van der Waals surface area contributed by atoms with Crippen LogP contribution in [0.1, 0.15) is 34.8 Å². The highest BCUT2D eigenvalue weighted by Crippen LogP contribution is 2.12. The summed E-state index contributed by atoms with van der Waals surface area (Å²) in [6.45, 7) is 7.53. The zero-order chi connectivity index (χ0) is 12.8. The van der Waals surface area contributed by atoms with Gasteiger partial charge in [-0.15, -0.1) is 11.6 Å². The van der Waals surface area contributed by atoms with Crippen LogP contribution in [0, 0.1) is 13.8 Å². The highest BCUT2D eigenvalue weighted by atomic mass is 35.5. The van der Waals surface area contributed by atoms with Gasteiger partial charge in [-0.1, -0.05) is 6.07 Å². The van der Waals surface area contributed by atoms with E-state index >= 15 is 0 Å². The first-order chi connectivity index (χ1) is 8.10. The van der Waals surface area contributed by atoms with Crippen LogP contribution in [0.3, 0.4) is 0 Å². The van der Waals surface area contributed by atoms with Crippen LogP contribution in [0.25, 0.3) is 0 Å². The molecule has 0 aliphatic carbocycles. The fourth-order valence-electron chi connectivity index (χ4n) is 1.71. The summed E-state index contributed by atoms with van der Waals surface area (Å²) in [6, 6.07) is 5.85. The number of amides is 1. The van der Waals surface area contributed by atoms with E-state index in [2.05, 4.69) is 6.92 Å². The Balaban J connectivity index is 2.82. The molecule has 0 aromatic heterocycles. The minimum Gasteiger partial charge on any atom is -0.339 e. The normalized spacial score (nSPS) is 10.4. The minimum atomic E-state index is 0.0979. The molecule has 94 valence electrons. The van der Waals surface area contributed by atoms with Crippen molar-refractivity contribution in [2.45, 2.75) is 27.2 Å². The smallest absolute Gasteiger partial charge is 0.253 e. The van der Waals surface area contributed by atoms with Gasteiger partial charge in [0.1, 0.15) is 0 Å². The Morgan fingerprint density at radius 3 is 2.53 bits per heavy atom. The lowest BCUT2D eigenvalue weighted by Gasteiger charge is -2.20. The van der Waals surface area contributed by atoms with Crippen molar-refractivity contribution in [1.82, 2.24) is 4.90 Å². The van der Waals surface area contributed by atoms with Gasteiger partial charge in [0.05, 0.1) is 0 Å². The number of carbonyl (C=O) groups is 1. The van der Waals surface area contributed by atoms with Crippen molar-refractivity contribution in [3.8, 4) is 0 Å². The van der Waals surface area contributed by atoms with Crippen molar-refractivity contribution in [1.29, 1.82) is 0 Å². The molecule has 1 amide bonds. The summed E-state index contributed by atoms with van der Waals surface area (Å²) < 4.78 is 0. The maximum Gasteiger partial charge on any atom is 0.253 e. The average Bonchev–Trinajstić information content (AvgIpc) is 2.33. The van der Waals surface area contributed by atoms with E-state index in [9.17, 15) is 4.79 Å². The number of alkyl halides is 1. The average molecular weight is 254 g/mol. The monoisotopic (exact) mass is 253 g/mol. The summed E-state index contributed by atoms with van der Waals surface area (Å²) in [6.07, 6.45) is 0.839. The van der Waals surface area contributed by atoms with Crippen LogP contribution in [-0.2, 0) is 0 Å². The molecule has 0 atom stereocenters. The Kier molecular flexibility index (Phi) is 5.49. The minimum absolute atomic E-state index is 0.0979. The fraction of sp³-hybridized carbons (Fsp3) is 0.500. The van der Waals surface area contributed by atoms with Gasteiger partial charge in [0, 0.05) is 24.5 Å². The molecule has 2 nitrogen and oxygen atoms in total. The Morgan fingerprint density at radius 1 is 1.29 bits per heavy atom. The van der Waals surface area contributed by atoms with E-state index in [1.165, 1.54) is 5.56 Å². The molecular formula is C14H20ClNO. The van der Waals surface area contributed by atoms with Crippen LogP contribution in [0.5, 0.6) is 0 Å². The second-order valence-electron chi connectivity index (χ2n) is 4.23. The first-order valence-electron chi connectivity index (χ1n) is 6.02. The molecule has 0 fully saturated rings. The van der Waals surface area contributed by atoms with Crippen LogP contribution in [-0.4, -0.2) is 29.8 Å². The Hall–Kier alpha value is -1.02. The van der Waals surface area contributed by atoms with Gasteiger partial charge in [-0.3, -0.25) is 4.79 Å². The maximum absolute atomic E-state index is 12.2. The lowest BCUT2D eigenvalue weighted by molar-refractivity contribution is 0.0765. The summed E-state index contributed by atoms with van der Waals surface area (Å²) in [4.78, 5) is 14.1. The molecule has 0 unspecified atom stereocenters. The SMILES string of the molecule is CCN(CCCCl)C(=O)c1ccc(C)c(C)c1. The van der Waals surface area contributed by atoms with E-state index in [1.807, 2.05) is 36.9 Å². The molecule has 0 spiro atoms. The highest BCUT2D eigenvalue weighted by molar-refractivity contribution is 6.17. The van der Waals surface area contributed by atoms with Crippen molar-refractivity contribution >= 4 is 17.5 Å². The van der Waals surface area contributed by atoms with Crippen LogP contribution >= 0.6 is 11.6 Å². The second-order valence-corrected chi connectivity index (χ2v) is 4.60. The maximum atomic E-state index is 12.2. The van der Waals surface area contributed by atoms with Crippen molar-refractivity contribution in [2.75, 3.05) is 19.0 Å². The first-order valence-corrected chi connectivity index (χ1v) is 6.56. The predicted molar refractivity (Wildman–Crippen MR) is 72.8 cm³/mol. The lowest BCUT2D eigenvalue weighted by atomic mass is 10.1. The molecule has 3 heteroatoms. The van der Waals surface area contributed by atoms with Gasteiger partial charge in [0.2, 0.25) is 0 Å². The molecule has 1 aromatic rings. The molecule has 0 saturated heterocycles. The lowest BCUT2D eigenvalue weighted by Crippen LogP contribution is -2.32. The van der Waals surface area contributed by atoms with E-state index in [4.69, 9.17) is 11.6 Å². The number of carbonyl (C=O) groups excluding carboxylic acids is 1. The van der Waals surface area contributed by atoms with Gasteiger partial charge >= 0.3 is 0 Å². The van der Waals surface area contributed by atoms with Crippen molar-refractivity contribution < 1.29 is 4.79 Å². The van der Waals surface area contributed by atoms with Crippen LogP contribution in [0.2, 0.25) is 0 Å². The number of rotatable bonds is 5. The van der Waals surface area contributed by atoms with E-state index in [0.29, 0.717) is 5.88 Å². The molecule has 0 saturated carbocycles. The summed E-state index contributed by atoms with van der Waals surface area (Å²) in [5, 5.41) is 0. The largest absolute Gasteiger partial charge is 0.339 e. The third-order valence-electron chi connectivity index (χ3n) is 2.98. The molecule has 0 N–H and O–H groups in total. The third-order valence-corrected chi connectivity index (χ3v) is 3.25. The van der Waals surface area contributed by atoms with Crippen LogP contribution in [0.4, 0.5) is 0 Å². The molecule has 0 bridgehead atoms. The van der Waals surface area contributed by atoms with E-state index in [1.54, 1.807) is 0 Å². The number of hydrogen-bond acceptors (Lipinski definition) is 1. The van der Waals surface area contributed by atoms with Crippen molar-refractivity contribution in [2.24, 2.45) is 0 Å². The fourth-order valence-corrected chi connectivity index (χ4v) is 1.83. The van der Waals surface area contributed by atoms with Gasteiger partial charge in [-0.05, 0) is 50.5 Å². The number of benzene rings is 1. The van der Waals surface area contributed by atoms with E-state index < -0.39 is 0 Å². The zero-order valence-corrected chi connectivity index (χ0v) is 11.5. The molecule has 0 heterocycles. The van der Waals surface area contributed by atoms with Gasteiger partial charge < -0.3 is 4.90 Å². The molecule has 1 aromatic carbocycles. The van der Waals surface area contributed by atoms with E-state index in [0.717, 1.165) is 30.6 Å². The van der Waals surface area contributed by atoms with E-state index in [-0.39, 0.29) is 5.91 Å². The Bertz CT molecular complexity index is 390. The van der Waals surface area contributed by atoms with Crippen molar-refractivity contribution in [3.63, 3.8) is 0 Å². The first kappa shape index (κ1) is 14.0. The van der Waals surface area contributed by atoms with Crippen LogP contribution < -0.4 is 0 Å². The second kappa shape index (κ2) is 6.65. The number of nitrogens with zero attached hydrogens (tertiary/aromatic N) is 1. The number of hydrogen-bond donors (Lipinski definition) is 0. The highest BCUT2D eigenvalue weighted by Gasteiger charge is 2.13. The number of halogens is 1. The molecule has 1 rings (SSSR count). The summed E-state index contributed by atoms with van der Waals surface area (Å²) >= 11 is 5.66. The van der Waals surface area contributed by atoms with Crippen LogP contribution in [0.15, 0.2) is 18.2 Å². The Morgan fingerprint density at radius 2 is 2.00 bits per heavy atom. The third kappa shape index (κ3) is 3.74. The van der Waals surface area contributed by atoms with Gasteiger partial charge in [-0.2, -0.15) is 0 Å². The molecule has 0 aliphatic heterocycles. The summed E-state index contributed by atoms with van der Waals surface area (Å²) in [7, 11) is 0. The predicted octanol–water partition coefficient (Wildman–Crippen LogP) is 3.39. The summed E-state index contributed by atoms with van der Waals surface area (Å²) in [5.74, 6) is 0.692. The van der Waals surface area contributed by atoms with Crippen molar-refractivity contribution in [3.05, 3.63) is 34.9 Å². The molecule has 0 aliphatic rings. The molecule has 0 radical (unpaired) electrons. The Labute approximate surface area is 109 Å². The molecule has 17 heavy (non-hydrogen) atoms. The quantitative estimate of drug-likeness (QED) is 0.737.